The van der Waals surface area contributed by atoms with E-state index in [1.54, 1.807) is 35.7 Å². The van der Waals surface area contributed by atoms with Crippen LogP contribution in [0.25, 0.3) is 6.08 Å². The van der Waals surface area contributed by atoms with Gasteiger partial charge in [0, 0.05) is 18.2 Å². The normalized spacial score (nSPS) is 16.0. The average Bonchev–Trinajstić information content (AvgIpc) is 2.59. The molecule has 0 spiro atoms. The minimum atomic E-state index is -4.88. The molecule has 7 heteroatoms. The summed E-state index contributed by atoms with van der Waals surface area (Å²) in [6.07, 6.45) is 3.27. The summed E-state index contributed by atoms with van der Waals surface area (Å²) < 4.78 is 36.2. The van der Waals surface area contributed by atoms with Gasteiger partial charge >= 0.3 is 12.1 Å². The minimum Gasteiger partial charge on any atom is -0.345 e. The number of hydrogen-bond acceptors (Lipinski definition) is 2. The minimum absolute atomic E-state index is 0.0123. The fourth-order valence-electron chi connectivity index (χ4n) is 2.78. The molecule has 0 bridgehead atoms. The van der Waals surface area contributed by atoms with Gasteiger partial charge in [-0.15, -0.1) is 0 Å². The number of benzene rings is 1. The number of hydrogen-bond donors (Lipinski definition) is 2. The molecule has 0 saturated heterocycles. The van der Waals surface area contributed by atoms with Crippen LogP contribution in [0, 0.1) is 5.92 Å². The third kappa shape index (κ3) is 6.25. The Morgan fingerprint density at radius 3 is 2.56 bits per heavy atom. The van der Waals surface area contributed by atoms with Gasteiger partial charge < -0.3 is 10.6 Å². The molecule has 0 aromatic heterocycles. The Morgan fingerprint density at radius 1 is 1.16 bits per heavy atom. The van der Waals surface area contributed by atoms with E-state index < -0.39 is 12.1 Å². The Morgan fingerprint density at radius 2 is 1.88 bits per heavy atom. The Bertz CT molecular complexity index is 635. The van der Waals surface area contributed by atoms with Gasteiger partial charge in [0.05, 0.1) is 0 Å². The Hall–Kier alpha value is -2.31. The van der Waals surface area contributed by atoms with E-state index in [0.717, 1.165) is 31.2 Å². The van der Waals surface area contributed by atoms with E-state index >= 15 is 0 Å². The molecule has 136 valence electrons. The first-order chi connectivity index (χ1) is 11.9. The van der Waals surface area contributed by atoms with Crippen molar-refractivity contribution in [2.45, 2.75) is 38.3 Å². The predicted molar refractivity (Wildman–Crippen MR) is 89.7 cm³/mol. The van der Waals surface area contributed by atoms with Gasteiger partial charge in [0.25, 0.3) is 0 Å². The van der Waals surface area contributed by atoms with E-state index in [9.17, 15) is 22.8 Å². The number of alkyl halides is 3. The van der Waals surface area contributed by atoms with Crippen LogP contribution in [0.4, 0.5) is 18.9 Å². The summed E-state index contributed by atoms with van der Waals surface area (Å²) >= 11 is 0. The second kappa shape index (κ2) is 8.69. The maximum Gasteiger partial charge on any atom is 0.471 e. The maximum atomic E-state index is 12.2. The van der Waals surface area contributed by atoms with Gasteiger partial charge in [-0.3, -0.25) is 9.59 Å². The van der Waals surface area contributed by atoms with Crippen LogP contribution in [0.1, 0.15) is 37.7 Å². The fraction of sp³-hybridized carbons (Fsp3) is 0.444. The summed E-state index contributed by atoms with van der Waals surface area (Å²) in [6, 6.07) is 7.02. The first-order valence-corrected chi connectivity index (χ1v) is 8.29. The molecule has 0 heterocycles. The lowest BCUT2D eigenvalue weighted by atomic mass is 9.88. The van der Waals surface area contributed by atoms with E-state index in [0.29, 0.717) is 5.69 Å². The highest BCUT2D eigenvalue weighted by molar-refractivity contribution is 5.92. The molecule has 2 rings (SSSR count). The van der Waals surface area contributed by atoms with Gasteiger partial charge in [-0.1, -0.05) is 43.5 Å². The fourth-order valence-corrected chi connectivity index (χ4v) is 2.78. The highest BCUT2D eigenvalue weighted by Crippen LogP contribution is 2.25. The zero-order valence-corrected chi connectivity index (χ0v) is 13.7. The summed E-state index contributed by atoms with van der Waals surface area (Å²) in [5.74, 6) is -1.91. The van der Waals surface area contributed by atoms with Crippen LogP contribution >= 0.6 is 0 Å². The van der Waals surface area contributed by atoms with Crippen LogP contribution in [0.15, 0.2) is 30.3 Å². The molecule has 0 unspecified atom stereocenters. The predicted octanol–water partition coefficient (Wildman–Crippen LogP) is 3.90. The number of rotatable bonds is 5. The quantitative estimate of drug-likeness (QED) is 0.843. The number of amides is 2. The lowest BCUT2D eigenvalue weighted by molar-refractivity contribution is -0.173. The topological polar surface area (TPSA) is 58.2 Å². The van der Waals surface area contributed by atoms with Gasteiger partial charge in [0.15, 0.2) is 0 Å². The molecule has 4 nitrogen and oxygen atoms in total. The summed E-state index contributed by atoms with van der Waals surface area (Å²) in [4.78, 5) is 22.9. The number of nitrogens with one attached hydrogen (secondary N) is 2. The van der Waals surface area contributed by atoms with Crippen molar-refractivity contribution >= 4 is 23.6 Å². The SMILES string of the molecule is O=C(Nc1cccc(/C=C/CNC(=O)C(F)(F)F)c1)C1CCCCC1. The van der Waals surface area contributed by atoms with Gasteiger partial charge in [-0.2, -0.15) is 13.2 Å². The van der Waals surface area contributed by atoms with Gasteiger partial charge in [0.1, 0.15) is 0 Å². The molecule has 2 amide bonds. The van der Waals surface area contributed by atoms with Gasteiger partial charge in [0.2, 0.25) is 5.91 Å². The van der Waals surface area contributed by atoms with Crippen molar-refractivity contribution in [2.75, 3.05) is 11.9 Å². The van der Waals surface area contributed by atoms with Crippen LogP contribution in [0.5, 0.6) is 0 Å². The molecule has 0 aliphatic heterocycles. The standard InChI is InChI=1S/C18H21F3N2O2/c19-18(20,21)17(25)22-11-5-7-13-6-4-10-15(12-13)23-16(24)14-8-2-1-3-9-14/h4-7,10,12,14H,1-3,8-9,11H2,(H,22,25)(H,23,24)/b7-5+. The second-order valence-corrected chi connectivity index (χ2v) is 6.06. The molecule has 1 aromatic rings. The smallest absolute Gasteiger partial charge is 0.345 e. The molecule has 1 aliphatic rings. The molecule has 1 aliphatic carbocycles. The van der Waals surface area contributed by atoms with Crippen molar-refractivity contribution in [1.29, 1.82) is 0 Å². The Kier molecular flexibility index (Phi) is 6.61. The summed E-state index contributed by atoms with van der Waals surface area (Å²) in [5, 5.41) is 4.65. The summed E-state index contributed by atoms with van der Waals surface area (Å²) in [5.41, 5.74) is 1.37. The Balaban J connectivity index is 1.86. The molecule has 0 radical (unpaired) electrons. The summed E-state index contributed by atoms with van der Waals surface area (Å²) in [7, 11) is 0. The largest absolute Gasteiger partial charge is 0.471 e. The molecular weight excluding hydrogens is 333 g/mol. The van der Waals surface area contributed by atoms with Crippen molar-refractivity contribution in [1.82, 2.24) is 5.32 Å². The zero-order valence-electron chi connectivity index (χ0n) is 13.7. The Labute approximate surface area is 144 Å². The van der Waals surface area contributed by atoms with Crippen molar-refractivity contribution in [3.05, 3.63) is 35.9 Å². The van der Waals surface area contributed by atoms with E-state index in [2.05, 4.69) is 5.32 Å². The molecule has 1 fully saturated rings. The van der Waals surface area contributed by atoms with E-state index in [-0.39, 0.29) is 18.4 Å². The average molecular weight is 354 g/mol. The molecule has 25 heavy (non-hydrogen) atoms. The lowest BCUT2D eigenvalue weighted by Crippen LogP contribution is -2.36. The lowest BCUT2D eigenvalue weighted by Gasteiger charge is -2.20. The molecule has 0 atom stereocenters. The van der Waals surface area contributed by atoms with E-state index in [1.807, 2.05) is 0 Å². The van der Waals surface area contributed by atoms with Crippen LogP contribution in [0.3, 0.4) is 0 Å². The van der Waals surface area contributed by atoms with Crippen LogP contribution < -0.4 is 10.6 Å². The van der Waals surface area contributed by atoms with Gasteiger partial charge in [-0.05, 0) is 30.5 Å². The van der Waals surface area contributed by atoms with Crippen LogP contribution in [-0.2, 0) is 9.59 Å². The van der Waals surface area contributed by atoms with E-state index in [4.69, 9.17) is 0 Å². The van der Waals surface area contributed by atoms with Crippen LogP contribution in [-0.4, -0.2) is 24.5 Å². The van der Waals surface area contributed by atoms with Crippen molar-refractivity contribution in [2.24, 2.45) is 5.92 Å². The number of carbonyl (C=O) groups is 2. The van der Waals surface area contributed by atoms with Crippen LogP contribution in [0.2, 0.25) is 0 Å². The highest BCUT2D eigenvalue weighted by atomic mass is 19.4. The number of anilines is 1. The van der Waals surface area contributed by atoms with Crippen molar-refractivity contribution < 1.29 is 22.8 Å². The molecule has 2 N–H and O–H groups in total. The third-order valence-corrected chi connectivity index (χ3v) is 4.08. The molecular formula is C18H21F3N2O2. The second-order valence-electron chi connectivity index (χ2n) is 6.06. The monoisotopic (exact) mass is 354 g/mol. The maximum absolute atomic E-state index is 12.2. The first-order valence-electron chi connectivity index (χ1n) is 8.29. The molecule has 1 aromatic carbocycles. The first kappa shape index (κ1) is 19.0. The number of carbonyl (C=O) groups excluding carboxylic acids is 2. The summed E-state index contributed by atoms with van der Waals surface area (Å²) in [6.45, 7) is -0.225. The van der Waals surface area contributed by atoms with Crippen molar-refractivity contribution in [3.63, 3.8) is 0 Å². The van der Waals surface area contributed by atoms with Crippen molar-refractivity contribution in [3.8, 4) is 0 Å². The number of halogens is 3. The molecule has 1 saturated carbocycles. The zero-order chi connectivity index (χ0) is 18.3. The van der Waals surface area contributed by atoms with Gasteiger partial charge in [-0.25, -0.2) is 0 Å². The highest BCUT2D eigenvalue weighted by Gasteiger charge is 2.37. The third-order valence-electron chi connectivity index (χ3n) is 4.08. The van der Waals surface area contributed by atoms with E-state index in [1.165, 1.54) is 12.5 Å².